The van der Waals surface area contributed by atoms with Crippen molar-refractivity contribution in [3.8, 4) is 0 Å². The van der Waals surface area contributed by atoms with Crippen molar-refractivity contribution in [2.45, 2.75) is 4.90 Å². The number of benzene rings is 1. The molecule has 2 rings (SSSR count). The fourth-order valence-corrected chi connectivity index (χ4v) is 2.45. The van der Waals surface area contributed by atoms with E-state index in [1.165, 1.54) is 6.20 Å². The van der Waals surface area contributed by atoms with Gasteiger partial charge >= 0.3 is 0 Å². The number of carbonyl (C=O) groups excluding carboxylic acids is 1. The maximum atomic E-state index is 12.1. The second-order valence-electron chi connectivity index (χ2n) is 4.30. The molecule has 5 nitrogen and oxygen atoms in total. The lowest BCUT2D eigenvalue weighted by atomic mass is 10.3. The van der Waals surface area contributed by atoms with Gasteiger partial charge in [0.25, 0.3) is 0 Å². The number of nitrogens with zero attached hydrogens (tertiary/aromatic N) is 3. The topological polar surface area (TPSA) is 58.1 Å². The third-order valence-corrected chi connectivity index (χ3v) is 3.72. The largest absolute Gasteiger partial charge is 0.349 e. The number of nitrogens with one attached hydrogen (secondary N) is 1. The van der Waals surface area contributed by atoms with Gasteiger partial charge in [0.15, 0.2) is 0 Å². The molecule has 0 saturated heterocycles. The van der Waals surface area contributed by atoms with Gasteiger partial charge in [-0.05, 0) is 18.4 Å². The second-order valence-corrected chi connectivity index (χ2v) is 5.54. The zero-order chi connectivity index (χ0) is 15.2. The van der Waals surface area contributed by atoms with Crippen molar-refractivity contribution in [1.29, 1.82) is 0 Å². The van der Waals surface area contributed by atoms with Crippen molar-refractivity contribution in [3.63, 3.8) is 0 Å². The lowest BCUT2D eigenvalue weighted by molar-refractivity contribution is -0.114. The van der Waals surface area contributed by atoms with Crippen molar-refractivity contribution in [2.24, 2.45) is 0 Å². The number of amides is 1. The molecule has 0 unspecified atom stereocenters. The lowest BCUT2D eigenvalue weighted by Gasteiger charge is -2.17. The van der Waals surface area contributed by atoms with Gasteiger partial charge in [-0.1, -0.05) is 23.7 Å². The Morgan fingerprint density at radius 2 is 2.14 bits per heavy atom. The van der Waals surface area contributed by atoms with E-state index in [1.54, 1.807) is 29.9 Å². The Morgan fingerprint density at radius 1 is 1.38 bits per heavy atom. The van der Waals surface area contributed by atoms with Crippen LogP contribution in [0.1, 0.15) is 0 Å². The van der Waals surface area contributed by atoms with Gasteiger partial charge < -0.3 is 10.2 Å². The van der Waals surface area contributed by atoms with Crippen LogP contribution in [0.15, 0.2) is 41.6 Å². The summed E-state index contributed by atoms with van der Waals surface area (Å²) in [4.78, 5) is 22.9. The van der Waals surface area contributed by atoms with Gasteiger partial charge in [-0.2, -0.15) is 0 Å². The molecule has 0 aliphatic carbocycles. The van der Waals surface area contributed by atoms with Gasteiger partial charge in [0.2, 0.25) is 5.91 Å². The first-order valence-electron chi connectivity index (χ1n) is 6.21. The molecule has 2 aromatic rings. The Hall–Kier alpha value is -1.79. The number of anilines is 2. The van der Waals surface area contributed by atoms with Gasteiger partial charge in [0, 0.05) is 11.9 Å². The van der Waals surface area contributed by atoms with Crippen LogP contribution < -0.4 is 10.2 Å². The van der Waals surface area contributed by atoms with Crippen LogP contribution in [0.25, 0.3) is 0 Å². The Kier molecular flexibility index (Phi) is 5.41. The van der Waals surface area contributed by atoms with Crippen LogP contribution in [-0.2, 0) is 4.79 Å². The van der Waals surface area contributed by atoms with Crippen molar-refractivity contribution < 1.29 is 4.79 Å². The number of likely N-dealkylation sites (N-methyl/N-ethyl adjacent to an activating group) is 1. The van der Waals surface area contributed by atoms with Crippen LogP contribution in [-0.4, -0.2) is 35.7 Å². The predicted octanol–water partition coefficient (Wildman–Crippen LogP) is 2.93. The van der Waals surface area contributed by atoms with Gasteiger partial charge in [-0.3, -0.25) is 9.78 Å². The molecule has 1 N–H and O–H groups in total. The lowest BCUT2D eigenvalue weighted by Crippen LogP contribution is -2.30. The summed E-state index contributed by atoms with van der Waals surface area (Å²) in [6, 6.07) is 7.67. The molecule has 0 fully saturated rings. The summed E-state index contributed by atoms with van der Waals surface area (Å²) < 4.78 is 0. The fourth-order valence-electron chi connectivity index (χ4n) is 1.75. The summed E-state index contributed by atoms with van der Waals surface area (Å²) >= 11 is 7.38. The molecule has 0 aliphatic rings. The quantitative estimate of drug-likeness (QED) is 0.858. The SMILES string of the molecule is CSc1ccccc1NC(=O)CN(C)c1cncc(Cl)n1. The molecule has 0 bridgehead atoms. The Bertz CT molecular complexity index is 638. The van der Waals surface area contributed by atoms with E-state index < -0.39 is 0 Å². The highest BCUT2D eigenvalue weighted by Gasteiger charge is 2.11. The zero-order valence-electron chi connectivity index (χ0n) is 11.7. The molecule has 21 heavy (non-hydrogen) atoms. The minimum absolute atomic E-state index is 0.124. The average molecular weight is 323 g/mol. The predicted molar refractivity (Wildman–Crippen MR) is 87.2 cm³/mol. The fraction of sp³-hybridized carbons (Fsp3) is 0.214. The number of carbonyl (C=O) groups is 1. The number of hydrogen-bond donors (Lipinski definition) is 1. The van der Waals surface area contributed by atoms with Crippen LogP contribution in [0.3, 0.4) is 0 Å². The Morgan fingerprint density at radius 3 is 2.86 bits per heavy atom. The normalized spacial score (nSPS) is 10.2. The Balaban J connectivity index is 2.01. The number of para-hydroxylation sites is 1. The van der Waals surface area contributed by atoms with Crippen LogP contribution in [0.4, 0.5) is 11.5 Å². The van der Waals surface area contributed by atoms with Crippen LogP contribution >= 0.6 is 23.4 Å². The second kappa shape index (κ2) is 7.28. The standard InChI is InChI=1S/C14H15ClN4OS/c1-19(13-8-16-7-12(15)18-13)9-14(20)17-10-5-3-4-6-11(10)21-2/h3-8H,9H2,1-2H3,(H,17,20). The molecule has 0 radical (unpaired) electrons. The first-order chi connectivity index (χ1) is 10.1. The summed E-state index contributed by atoms with van der Waals surface area (Å²) in [6.45, 7) is 0.164. The number of rotatable bonds is 5. The molecule has 0 saturated carbocycles. The first-order valence-corrected chi connectivity index (χ1v) is 7.82. The number of halogens is 1. The highest BCUT2D eigenvalue weighted by atomic mass is 35.5. The van der Waals surface area contributed by atoms with Gasteiger partial charge in [0.05, 0.1) is 24.6 Å². The molecule has 110 valence electrons. The monoisotopic (exact) mass is 322 g/mol. The van der Waals surface area contributed by atoms with E-state index in [0.29, 0.717) is 11.0 Å². The molecule has 0 atom stereocenters. The molecule has 0 aliphatic heterocycles. The third kappa shape index (κ3) is 4.34. The van der Waals surface area contributed by atoms with Crippen molar-refractivity contribution in [2.75, 3.05) is 30.1 Å². The number of aromatic nitrogens is 2. The molecule has 1 aromatic heterocycles. The molecular weight excluding hydrogens is 308 g/mol. The summed E-state index contributed by atoms with van der Waals surface area (Å²) in [7, 11) is 1.76. The first kappa shape index (κ1) is 15.6. The maximum absolute atomic E-state index is 12.1. The molecular formula is C14H15ClN4OS. The van der Waals surface area contributed by atoms with Gasteiger partial charge in [0.1, 0.15) is 11.0 Å². The van der Waals surface area contributed by atoms with Crippen molar-refractivity contribution in [1.82, 2.24) is 9.97 Å². The minimum Gasteiger partial charge on any atom is -0.349 e. The third-order valence-electron chi connectivity index (χ3n) is 2.75. The minimum atomic E-state index is -0.124. The van der Waals surface area contributed by atoms with E-state index in [2.05, 4.69) is 15.3 Å². The zero-order valence-corrected chi connectivity index (χ0v) is 13.3. The molecule has 0 spiro atoms. The summed E-state index contributed by atoms with van der Waals surface area (Å²) in [5.41, 5.74) is 0.806. The van der Waals surface area contributed by atoms with Gasteiger partial charge in [-0.15, -0.1) is 11.8 Å². The number of hydrogen-bond acceptors (Lipinski definition) is 5. The smallest absolute Gasteiger partial charge is 0.243 e. The van der Waals surface area contributed by atoms with Crippen LogP contribution in [0.2, 0.25) is 5.15 Å². The highest BCUT2D eigenvalue weighted by Crippen LogP contribution is 2.24. The molecule has 1 aromatic carbocycles. The van der Waals surface area contributed by atoms with E-state index in [9.17, 15) is 4.79 Å². The van der Waals surface area contributed by atoms with Crippen LogP contribution in [0, 0.1) is 0 Å². The summed E-state index contributed by atoms with van der Waals surface area (Å²) in [6.07, 6.45) is 4.99. The summed E-state index contributed by atoms with van der Waals surface area (Å²) in [5, 5.41) is 3.19. The van der Waals surface area contributed by atoms with E-state index in [1.807, 2.05) is 30.5 Å². The maximum Gasteiger partial charge on any atom is 0.243 e. The van der Waals surface area contributed by atoms with E-state index in [4.69, 9.17) is 11.6 Å². The van der Waals surface area contributed by atoms with Crippen molar-refractivity contribution >= 4 is 40.8 Å². The van der Waals surface area contributed by atoms with E-state index >= 15 is 0 Å². The van der Waals surface area contributed by atoms with Crippen molar-refractivity contribution in [3.05, 3.63) is 41.8 Å². The molecule has 7 heteroatoms. The van der Waals surface area contributed by atoms with Crippen LogP contribution in [0.5, 0.6) is 0 Å². The summed E-state index contributed by atoms with van der Waals surface area (Å²) in [5.74, 6) is 0.427. The average Bonchev–Trinajstić information content (AvgIpc) is 2.47. The Labute approximate surface area is 132 Å². The van der Waals surface area contributed by atoms with Gasteiger partial charge in [-0.25, -0.2) is 4.98 Å². The van der Waals surface area contributed by atoms with E-state index in [0.717, 1.165) is 10.6 Å². The van der Waals surface area contributed by atoms with E-state index in [-0.39, 0.29) is 12.5 Å². The molecule has 1 amide bonds. The highest BCUT2D eigenvalue weighted by molar-refractivity contribution is 7.98. The molecule has 1 heterocycles. The number of thioether (sulfide) groups is 1.